The van der Waals surface area contributed by atoms with Crippen LogP contribution in [-0.2, 0) is 19.1 Å². The van der Waals surface area contributed by atoms with E-state index < -0.39 is 28.2 Å². The number of esters is 1. The lowest BCUT2D eigenvalue weighted by molar-refractivity contribution is -0.154. The normalized spacial score (nSPS) is 29.8. The number of carbonyl (C=O) groups excluding carboxylic acids is 3. The SMILES string of the molecule is C=CCCCCOC(=O)[C@@H]1[C@H]2C(=O)N(CCCO)C(C(=O)N(CC=C)C(C)(C)C)C23CC[C@H]1S3. The molecule has 0 aromatic carbocycles. The predicted molar refractivity (Wildman–Crippen MR) is 134 cm³/mol. The number of hydrogen-bond donors (Lipinski definition) is 1. The van der Waals surface area contributed by atoms with Crippen molar-refractivity contribution in [2.24, 2.45) is 11.8 Å². The number of rotatable bonds is 12. The first-order chi connectivity index (χ1) is 16.1. The van der Waals surface area contributed by atoms with Crippen molar-refractivity contribution in [1.82, 2.24) is 9.80 Å². The third-order valence-electron chi connectivity index (χ3n) is 7.30. The molecule has 5 atom stereocenters. The monoisotopic (exact) mass is 492 g/mol. The van der Waals surface area contributed by atoms with Crippen LogP contribution >= 0.6 is 11.8 Å². The lowest BCUT2D eigenvalue weighted by Gasteiger charge is -2.42. The maximum Gasteiger partial charge on any atom is 0.310 e. The second-order valence-corrected chi connectivity index (χ2v) is 12.1. The summed E-state index contributed by atoms with van der Waals surface area (Å²) in [6.07, 6.45) is 8.00. The zero-order valence-corrected chi connectivity index (χ0v) is 21.6. The molecule has 3 aliphatic rings. The Hall–Kier alpha value is -1.80. The van der Waals surface area contributed by atoms with Gasteiger partial charge in [0.1, 0.15) is 6.04 Å². The molecule has 1 N–H and O–H groups in total. The molecule has 3 saturated heterocycles. The smallest absolute Gasteiger partial charge is 0.310 e. The lowest BCUT2D eigenvalue weighted by Crippen LogP contribution is -2.58. The van der Waals surface area contributed by atoms with E-state index in [1.165, 1.54) is 0 Å². The number of unbranched alkanes of at least 4 members (excludes halogenated alkanes) is 2. The fourth-order valence-corrected chi connectivity index (χ4v) is 8.01. The van der Waals surface area contributed by atoms with Crippen LogP contribution in [0.15, 0.2) is 25.3 Å². The standard InChI is InChI=1S/C26H40N2O5S/c1-6-8-9-10-17-33-24(32)19-18-12-13-26(34-18)20(19)22(30)27(15-11-16-29)21(26)23(31)28(14-7-2)25(3,4)5/h6-7,18-21,29H,1-2,8-17H2,3-5H3/t18-,19+,20+,21?,26?/m1/s1. The first kappa shape index (κ1) is 26.8. The van der Waals surface area contributed by atoms with Gasteiger partial charge in [0, 0.05) is 30.5 Å². The van der Waals surface area contributed by atoms with Crippen molar-refractivity contribution >= 4 is 29.5 Å². The average molecular weight is 493 g/mol. The summed E-state index contributed by atoms with van der Waals surface area (Å²) in [7, 11) is 0. The highest BCUT2D eigenvalue weighted by atomic mass is 32.2. The van der Waals surface area contributed by atoms with Gasteiger partial charge in [-0.2, -0.15) is 0 Å². The third kappa shape index (κ3) is 4.81. The summed E-state index contributed by atoms with van der Waals surface area (Å²) >= 11 is 1.64. The van der Waals surface area contributed by atoms with E-state index in [0.29, 0.717) is 26.1 Å². The van der Waals surface area contributed by atoms with Gasteiger partial charge in [-0.3, -0.25) is 14.4 Å². The molecule has 2 unspecified atom stereocenters. The predicted octanol–water partition coefficient (Wildman–Crippen LogP) is 3.17. The van der Waals surface area contributed by atoms with Gasteiger partial charge in [-0.05, 0) is 59.3 Å². The molecule has 2 amide bonds. The lowest BCUT2D eigenvalue weighted by atomic mass is 9.71. The molecule has 0 saturated carbocycles. The molecule has 0 aromatic heterocycles. The molecule has 0 aromatic rings. The van der Waals surface area contributed by atoms with Crippen molar-refractivity contribution in [2.45, 2.75) is 80.9 Å². The molecule has 1 spiro atoms. The van der Waals surface area contributed by atoms with Gasteiger partial charge in [0.2, 0.25) is 11.8 Å². The summed E-state index contributed by atoms with van der Waals surface area (Å²) in [5.74, 6) is -1.65. The molecule has 2 bridgehead atoms. The highest BCUT2D eigenvalue weighted by Crippen LogP contribution is 2.66. The minimum atomic E-state index is -0.656. The van der Waals surface area contributed by atoms with E-state index in [2.05, 4.69) is 13.2 Å². The molecule has 3 heterocycles. The van der Waals surface area contributed by atoms with Crippen molar-refractivity contribution in [3.8, 4) is 0 Å². The van der Waals surface area contributed by atoms with Crippen LogP contribution in [0.3, 0.4) is 0 Å². The van der Waals surface area contributed by atoms with Gasteiger partial charge < -0.3 is 19.6 Å². The Balaban J connectivity index is 1.90. The van der Waals surface area contributed by atoms with Crippen molar-refractivity contribution < 1.29 is 24.2 Å². The highest BCUT2D eigenvalue weighted by molar-refractivity contribution is 8.02. The number of amides is 2. The van der Waals surface area contributed by atoms with Crippen LogP contribution in [0.4, 0.5) is 0 Å². The first-order valence-electron chi connectivity index (χ1n) is 12.4. The van der Waals surface area contributed by atoms with E-state index in [-0.39, 0.29) is 29.6 Å². The number of carbonyl (C=O) groups is 3. The molecule has 190 valence electrons. The van der Waals surface area contributed by atoms with Crippen molar-refractivity contribution in [2.75, 3.05) is 26.3 Å². The average Bonchev–Trinajstić information content (AvgIpc) is 3.42. The molecular weight excluding hydrogens is 452 g/mol. The van der Waals surface area contributed by atoms with Gasteiger partial charge in [-0.15, -0.1) is 24.9 Å². The van der Waals surface area contributed by atoms with Crippen LogP contribution in [0, 0.1) is 11.8 Å². The zero-order valence-electron chi connectivity index (χ0n) is 20.8. The highest BCUT2D eigenvalue weighted by Gasteiger charge is 2.74. The van der Waals surface area contributed by atoms with Gasteiger partial charge in [0.05, 0.1) is 23.2 Å². The van der Waals surface area contributed by atoms with Crippen LogP contribution in [0.5, 0.6) is 0 Å². The summed E-state index contributed by atoms with van der Waals surface area (Å²) in [6, 6.07) is -0.656. The maximum absolute atomic E-state index is 14.1. The van der Waals surface area contributed by atoms with Crippen LogP contribution in [-0.4, -0.2) is 80.6 Å². The Bertz CT molecular complexity index is 810. The van der Waals surface area contributed by atoms with Crippen LogP contribution in [0.1, 0.15) is 59.3 Å². The van der Waals surface area contributed by atoms with Gasteiger partial charge in [0.25, 0.3) is 0 Å². The number of aliphatic hydroxyl groups is 1. The Kier molecular flexibility index (Phi) is 8.56. The molecule has 34 heavy (non-hydrogen) atoms. The van der Waals surface area contributed by atoms with Crippen LogP contribution < -0.4 is 0 Å². The zero-order chi connectivity index (χ0) is 25.1. The number of allylic oxidation sites excluding steroid dienone is 1. The molecule has 0 radical (unpaired) electrons. The molecule has 3 rings (SSSR count). The number of ether oxygens (including phenoxy) is 1. The van der Waals surface area contributed by atoms with Crippen molar-refractivity contribution in [1.29, 1.82) is 0 Å². The summed E-state index contributed by atoms with van der Waals surface area (Å²) in [4.78, 5) is 44.4. The van der Waals surface area contributed by atoms with E-state index in [9.17, 15) is 19.5 Å². The molecule has 7 nitrogen and oxygen atoms in total. The Labute approximate surface area is 208 Å². The molecule has 8 heteroatoms. The van der Waals surface area contributed by atoms with Gasteiger partial charge in [0.15, 0.2) is 0 Å². The Morgan fingerprint density at radius 1 is 1.26 bits per heavy atom. The fraction of sp³-hybridized carbons (Fsp3) is 0.731. The molecule has 3 fully saturated rings. The molecular formula is C26H40N2O5S. The van der Waals surface area contributed by atoms with E-state index in [4.69, 9.17) is 4.74 Å². The number of nitrogens with zero attached hydrogens (tertiary/aromatic N) is 2. The second-order valence-electron chi connectivity index (χ2n) is 10.5. The van der Waals surface area contributed by atoms with Gasteiger partial charge >= 0.3 is 5.97 Å². The number of aliphatic hydroxyl groups excluding tert-OH is 1. The Morgan fingerprint density at radius 2 is 2.00 bits per heavy atom. The van der Waals surface area contributed by atoms with Gasteiger partial charge in [-0.1, -0.05) is 12.2 Å². The minimum Gasteiger partial charge on any atom is -0.465 e. The number of likely N-dealkylation sites (tertiary alicyclic amines) is 1. The van der Waals surface area contributed by atoms with Crippen LogP contribution in [0.25, 0.3) is 0 Å². The number of fused-ring (bicyclic) bond motifs is 1. The fourth-order valence-electron chi connectivity index (χ4n) is 5.81. The topological polar surface area (TPSA) is 87.1 Å². The van der Waals surface area contributed by atoms with Crippen molar-refractivity contribution in [3.05, 3.63) is 25.3 Å². The number of thioether (sulfide) groups is 1. The van der Waals surface area contributed by atoms with E-state index >= 15 is 0 Å². The molecule has 3 aliphatic heterocycles. The Morgan fingerprint density at radius 3 is 2.62 bits per heavy atom. The summed E-state index contributed by atoms with van der Waals surface area (Å²) in [5.41, 5.74) is -0.448. The largest absolute Gasteiger partial charge is 0.465 e. The molecule has 0 aliphatic carbocycles. The van der Waals surface area contributed by atoms with Crippen molar-refractivity contribution in [3.63, 3.8) is 0 Å². The minimum absolute atomic E-state index is 0.00703. The summed E-state index contributed by atoms with van der Waals surface area (Å²) < 4.78 is 4.99. The van der Waals surface area contributed by atoms with E-state index in [1.54, 1.807) is 27.6 Å². The third-order valence-corrected chi connectivity index (χ3v) is 9.25. The quantitative estimate of drug-likeness (QED) is 0.256. The maximum atomic E-state index is 14.1. The van der Waals surface area contributed by atoms with E-state index in [1.807, 2.05) is 26.8 Å². The number of hydrogen-bond acceptors (Lipinski definition) is 6. The van der Waals surface area contributed by atoms with Gasteiger partial charge in [-0.25, -0.2) is 0 Å². The first-order valence-corrected chi connectivity index (χ1v) is 13.3. The van der Waals surface area contributed by atoms with E-state index in [0.717, 1.165) is 32.1 Å². The summed E-state index contributed by atoms with van der Waals surface area (Å²) in [5, 5.41) is 9.45. The summed E-state index contributed by atoms with van der Waals surface area (Å²) in [6.45, 7) is 14.4. The second kappa shape index (κ2) is 10.9. The van der Waals surface area contributed by atoms with Crippen LogP contribution in [0.2, 0.25) is 0 Å².